The maximum Gasteiger partial charge on any atom is 0.394 e. The smallest absolute Gasteiger partial charge is 0.394 e. The summed E-state index contributed by atoms with van der Waals surface area (Å²) in [5.41, 5.74) is 4.13. The number of cyclic esters (lactones) is 1. The molecule has 0 unspecified atom stereocenters. The quantitative estimate of drug-likeness (QED) is 0.420. The van der Waals surface area contributed by atoms with Crippen LogP contribution < -0.4 is 0 Å². The van der Waals surface area contributed by atoms with Gasteiger partial charge in [-0.3, -0.25) is 13.9 Å². The van der Waals surface area contributed by atoms with Gasteiger partial charge in [0.2, 0.25) is 0 Å². The number of halogens is 1. The summed E-state index contributed by atoms with van der Waals surface area (Å²) in [6, 6.07) is 5.31. The van der Waals surface area contributed by atoms with Crippen molar-refractivity contribution in [2.75, 3.05) is 0 Å². The van der Waals surface area contributed by atoms with Gasteiger partial charge in [-0.2, -0.15) is 8.42 Å². The Morgan fingerprint density at radius 1 is 1.18 bits per heavy atom. The van der Waals surface area contributed by atoms with Crippen molar-refractivity contribution in [2.24, 2.45) is 10.8 Å². The van der Waals surface area contributed by atoms with Crippen molar-refractivity contribution in [3.8, 4) is 0 Å². The van der Waals surface area contributed by atoms with E-state index >= 15 is 0 Å². The first kappa shape index (κ1) is 27.2. The summed E-state index contributed by atoms with van der Waals surface area (Å²) in [4.78, 5) is 11.6. The number of aryl methyl sites for hydroxylation is 1. The molecule has 0 spiro atoms. The summed E-state index contributed by atoms with van der Waals surface area (Å²) in [6.45, 7) is 10.8. The number of aliphatic hydroxyl groups is 1. The molecule has 184 valence electrons. The van der Waals surface area contributed by atoms with Crippen LogP contribution >= 0.6 is 0 Å². The lowest BCUT2D eigenvalue weighted by Gasteiger charge is -2.43. The minimum absolute atomic E-state index is 0.0623. The van der Waals surface area contributed by atoms with Crippen LogP contribution in [0.25, 0.3) is 5.57 Å². The first-order valence-corrected chi connectivity index (χ1v) is 12.1. The van der Waals surface area contributed by atoms with Crippen molar-refractivity contribution in [3.05, 3.63) is 52.9 Å². The lowest BCUT2D eigenvalue weighted by atomic mass is 9.61. The molecule has 1 aliphatic heterocycles. The van der Waals surface area contributed by atoms with Crippen LogP contribution in [-0.2, 0) is 19.9 Å². The van der Waals surface area contributed by atoms with Gasteiger partial charge < -0.3 is 9.84 Å². The van der Waals surface area contributed by atoms with Gasteiger partial charge in [0.1, 0.15) is 11.9 Å². The Morgan fingerprint density at radius 2 is 1.79 bits per heavy atom. The average Bonchev–Trinajstić information content (AvgIpc) is 2.59. The molecule has 1 aliphatic carbocycles. The van der Waals surface area contributed by atoms with E-state index in [4.69, 9.17) is 22.3 Å². The molecule has 1 aromatic rings. The summed E-state index contributed by atoms with van der Waals surface area (Å²) in [5, 5.41) is 9.86. The minimum atomic E-state index is -4.67. The number of hydrogen-bond donors (Lipinski definition) is 3. The van der Waals surface area contributed by atoms with Gasteiger partial charge in [-0.25, -0.2) is 4.39 Å². The predicted molar refractivity (Wildman–Crippen MR) is 123 cm³/mol. The molecular weight excluding hydrogens is 451 g/mol. The molecule has 2 aliphatic rings. The third kappa shape index (κ3) is 8.33. The SMILES string of the molecule is Cc1cc(C2=C(/C=C/[C@@H]3C[C@@H](O)CC(=O)O3)C(C)(C)CC(C)(C)C2)ccc1F.O=S(=O)(O)O. The number of hydrogen-bond acceptors (Lipinski definition) is 5. The highest BCUT2D eigenvalue weighted by Gasteiger charge is 2.38. The zero-order chi connectivity index (χ0) is 25.2. The number of benzene rings is 1. The predicted octanol–water partition coefficient (Wildman–Crippen LogP) is 4.70. The van der Waals surface area contributed by atoms with Gasteiger partial charge in [0.15, 0.2) is 0 Å². The van der Waals surface area contributed by atoms with Gasteiger partial charge in [0.05, 0.1) is 12.5 Å². The second-order valence-electron chi connectivity index (χ2n) is 10.2. The largest absolute Gasteiger partial charge is 0.458 e. The van der Waals surface area contributed by atoms with E-state index < -0.39 is 22.6 Å². The molecule has 33 heavy (non-hydrogen) atoms. The van der Waals surface area contributed by atoms with E-state index in [1.165, 1.54) is 17.2 Å². The fourth-order valence-corrected chi connectivity index (χ4v) is 4.88. The summed E-state index contributed by atoms with van der Waals surface area (Å²) >= 11 is 0. The first-order valence-electron chi connectivity index (χ1n) is 10.7. The van der Waals surface area contributed by atoms with Crippen molar-refractivity contribution in [1.29, 1.82) is 0 Å². The summed E-state index contributed by atoms with van der Waals surface area (Å²) < 4.78 is 50.8. The molecule has 9 heteroatoms. The summed E-state index contributed by atoms with van der Waals surface area (Å²) in [7, 11) is -4.67. The topological polar surface area (TPSA) is 121 Å². The maximum absolute atomic E-state index is 13.8. The van der Waals surface area contributed by atoms with E-state index in [1.54, 1.807) is 6.92 Å². The van der Waals surface area contributed by atoms with Crippen LogP contribution in [-0.4, -0.2) is 40.8 Å². The van der Waals surface area contributed by atoms with Crippen molar-refractivity contribution >= 4 is 21.9 Å². The van der Waals surface area contributed by atoms with Crippen LogP contribution in [0.15, 0.2) is 35.9 Å². The molecule has 1 saturated heterocycles. The normalized spacial score (nSPS) is 24.8. The molecule has 0 aromatic heterocycles. The van der Waals surface area contributed by atoms with Crippen LogP contribution in [0.4, 0.5) is 4.39 Å². The Labute approximate surface area is 194 Å². The zero-order valence-electron chi connectivity index (χ0n) is 19.6. The highest BCUT2D eigenvalue weighted by atomic mass is 32.3. The molecular formula is C24H33FO7S. The second kappa shape index (κ2) is 10.0. The third-order valence-electron chi connectivity index (χ3n) is 5.80. The van der Waals surface area contributed by atoms with E-state index in [0.717, 1.165) is 18.4 Å². The minimum Gasteiger partial charge on any atom is -0.458 e. The molecule has 0 bridgehead atoms. The zero-order valence-corrected chi connectivity index (χ0v) is 20.4. The van der Waals surface area contributed by atoms with E-state index in [2.05, 4.69) is 33.8 Å². The van der Waals surface area contributed by atoms with E-state index in [9.17, 15) is 14.3 Å². The van der Waals surface area contributed by atoms with Gasteiger partial charge in [-0.1, -0.05) is 39.8 Å². The Bertz CT molecular complexity index is 1050. The standard InChI is InChI=1S/C24H31FO3.H2O4S/c1-15-10-16(6-9-21(15)25)19-13-23(2,3)14-24(4,5)20(19)8-7-18-11-17(26)12-22(27)28-18;1-5(2,3)4/h6-10,17-18,26H,11-14H2,1-5H3;(H2,1,2,3,4)/b8-7+;/t17-,18-;/m1./s1. The molecule has 3 rings (SSSR count). The van der Waals surface area contributed by atoms with Gasteiger partial charge in [-0.15, -0.1) is 0 Å². The van der Waals surface area contributed by atoms with Crippen LogP contribution in [0.5, 0.6) is 0 Å². The van der Waals surface area contributed by atoms with Crippen molar-refractivity contribution in [2.45, 2.75) is 72.5 Å². The molecule has 1 fully saturated rings. The summed E-state index contributed by atoms with van der Waals surface area (Å²) in [6.07, 6.45) is 5.29. The third-order valence-corrected chi connectivity index (χ3v) is 5.80. The number of esters is 1. The van der Waals surface area contributed by atoms with Crippen molar-refractivity contribution in [3.63, 3.8) is 0 Å². The molecule has 2 atom stereocenters. The van der Waals surface area contributed by atoms with Crippen LogP contribution in [0.2, 0.25) is 0 Å². The van der Waals surface area contributed by atoms with Crippen molar-refractivity contribution < 1.29 is 36.6 Å². The number of rotatable bonds is 3. The molecule has 7 nitrogen and oxygen atoms in total. The Balaban J connectivity index is 0.000000696. The second-order valence-corrected chi connectivity index (χ2v) is 11.1. The number of carbonyl (C=O) groups excluding carboxylic acids is 1. The Kier molecular flexibility index (Phi) is 8.27. The van der Waals surface area contributed by atoms with Gasteiger partial charge in [0, 0.05) is 6.42 Å². The van der Waals surface area contributed by atoms with Crippen LogP contribution in [0.3, 0.4) is 0 Å². The van der Waals surface area contributed by atoms with E-state index in [0.29, 0.717) is 12.0 Å². The number of allylic oxidation sites excluding steroid dienone is 3. The fraction of sp³-hybridized carbons (Fsp3) is 0.542. The number of aliphatic hydroxyl groups excluding tert-OH is 1. The first-order chi connectivity index (χ1) is 15.0. The number of carbonyl (C=O) groups is 1. The lowest BCUT2D eigenvalue weighted by molar-refractivity contribution is -0.156. The van der Waals surface area contributed by atoms with E-state index in [-0.39, 0.29) is 29.0 Å². The average molecular weight is 485 g/mol. The molecule has 0 amide bonds. The highest BCUT2D eigenvalue weighted by molar-refractivity contribution is 7.79. The van der Waals surface area contributed by atoms with Gasteiger partial charge >= 0.3 is 16.4 Å². The van der Waals surface area contributed by atoms with E-state index in [1.807, 2.05) is 18.2 Å². The summed E-state index contributed by atoms with van der Waals surface area (Å²) in [5.74, 6) is -0.556. The lowest BCUT2D eigenvalue weighted by Crippen LogP contribution is -2.32. The Hall–Kier alpha value is -2.07. The molecule has 1 aromatic carbocycles. The molecule has 3 N–H and O–H groups in total. The van der Waals surface area contributed by atoms with Gasteiger partial charge in [0.25, 0.3) is 0 Å². The Morgan fingerprint density at radius 3 is 2.33 bits per heavy atom. The van der Waals surface area contributed by atoms with Crippen LogP contribution in [0, 0.1) is 23.6 Å². The highest BCUT2D eigenvalue weighted by Crippen LogP contribution is 2.52. The molecule has 0 saturated carbocycles. The molecule has 1 heterocycles. The maximum atomic E-state index is 13.8. The van der Waals surface area contributed by atoms with Crippen LogP contribution in [0.1, 0.15) is 64.5 Å². The van der Waals surface area contributed by atoms with Gasteiger partial charge in [-0.05, 0) is 71.1 Å². The number of ether oxygens (including phenoxy) is 1. The molecule has 0 radical (unpaired) electrons. The fourth-order valence-electron chi connectivity index (χ4n) is 4.88. The van der Waals surface area contributed by atoms with Crippen molar-refractivity contribution in [1.82, 2.24) is 0 Å². The monoisotopic (exact) mass is 484 g/mol.